The molecule has 2 aliphatic rings. The molecule has 0 spiro atoms. The zero-order valence-electron chi connectivity index (χ0n) is 13.4. The Kier molecular flexibility index (Phi) is 5.32. The highest BCUT2D eigenvalue weighted by Crippen LogP contribution is 2.29. The van der Waals surface area contributed by atoms with E-state index in [1.54, 1.807) is 0 Å². The molecule has 21 heavy (non-hydrogen) atoms. The molecular weight excluding hydrogens is 256 g/mol. The van der Waals surface area contributed by atoms with Gasteiger partial charge in [-0.1, -0.05) is 43.7 Å². The quantitative estimate of drug-likeness (QED) is 0.859. The molecule has 2 nitrogen and oxygen atoms in total. The van der Waals surface area contributed by atoms with Gasteiger partial charge in [0, 0.05) is 19.1 Å². The van der Waals surface area contributed by atoms with Crippen LogP contribution in [0.3, 0.4) is 0 Å². The van der Waals surface area contributed by atoms with E-state index in [0.29, 0.717) is 12.0 Å². The molecule has 2 unspecified atom stereocenters. The first-order valence-corrected chi connectivity index (χ1v) is 8.86. The van der Waals surface area contributed by atoms with E-state index >= 15 is 0 Å². The highest BCUT2D eigenvalue weighted by Gasteiger charge is 2.28. The lowest BCUT2D eigenvalue weighted by Crippen LogP contribution is -2.50. The van der Waals surface area contributed by atoms with Crippen LogP contribution in [0.4, 0.5) is 0 Å². The third-order valence-electron chi connectivity index (χ3n) is 5.26. The number of hydrogen-bond donors (Lipinski definition) is 1. The fourth-order valence-electron chi connectivity index (χ4n) is 3.83. The third kappa shape index (κ3) is 4.08. The fraction of sp³-hybridized carbons (Fsp3) is 0.684. The minimum Gasteiger partial charge on any atom is -0.312 e. The van der Waals surface area contributed by atoms with E-state index in [1.165, 1.54) is 63.8 Å². The van der Waals surface area contributed by atoms with Gasteiger partial charge in [0.1, 0.15) is 0 Å². The van der Waals surface area contributed by atoms with Crippen molar-refractivity contribution >= 4 is 0 Å². The molecule has 1 heterocycles. The molecule has 1 saturated heterocycles. The van der Waals surface area contributed by atoms with Crippen LogP contribution in [0.1, 0.15) is 50.5 Å². The molecule has 2 atom stereocenters. The first-order chi connectivity index (χ1) is 10.3. The molecule has 1 aliphatic carbocycles. The summed E-state index contributed by atoms with van der Waals surface area (Å²) in [7, 11) is 0. The second kappa shape index (κ2) is 7.42. The average Bonchev–Trinajstić information content (AvgIpc) is 2.47. The zero-order chi connectivity index (χ0) is 14.5. The Morgan fingerprint density at radius 1 is 1.14 bits per heavy atom. The predicted molar refractivity (Wildman–Crippen MR) is 89.7 cm³/mol. The van der Waals surface area contributed by atoms with Crippen molar-refractivity contribution < 1.29 is 0 Å². The summed E-state index contributed by atoms with van der Waals surface area (Å²) < 4.78 is 0. The average molecular weight is 286 g/mol. The first kappa shape index (κ1) is 15.1. The maximum Gasteiger partial charge on any atom is 0.0201 e. The predicted octanol–water partition coefficient (Wildman–Crippen LogP) is 3.64. The first-order valence-electron chi connectivity index (χ1n) is 8.86. The van der Waals surface area contributed by atoms with E-state index in [1.807, 2.05) is 0 Å². The molecule has 2 heteroatoms. The summed E-state index contributed by atoms with van der Waals surface area (Å²) in [5, 5.41) is 3.87. The summed E-state index contributed by atoms with van der Waals surface area (Å²) in [5.74, 6) is 1.66. The molecule has 3 rings (SSSR count). The van der Waals surface area contributed by atoms with Gasteiger partial charge in [-0.2, -0.15) is 0 Å². The van der Waals surface area contributed by atoms with E-state index in [2.05, 4.69) is 47.5 Å². The van der Waals surface area contributed by atoms with Gasteiger partial charge < -0.3 is 10.2 Å². The number of hydrogen-bond acceptors (Lipinski definition) is 2. The number of likely N-dealkylation sites (tertiary alicyclic amines) is 1. The summed E-state index contributed by atoms with van der Waals surface area (Å²) in [5.41, 5.74) is 1.52. The van der Waals surface area contributed by atoms with Gasteiger partial charge in [-0.05, 0) is 56.2 Å². The molecule has 1 N–H and O–H groups in total. The fourth-order valence-corrected chi connectivity index (χ4v) is 3.83. The molecule has 1 aromatic rings. The van der Waals surface area contributed by atoms with Crippen LogP contribution in [0, 0.1) is 5.92 Å². The minimum absolute atomic E-state index is 0.677. The van der Waals surface area contributed by atoms with Gasteiger partial charge >= 0.3 is 0 Å². The van der Waals surface area contributed by atoms with Gasteiger partial charge in [-0.15, -0.1) is 0 Å². The van der Waals surface area contributed by atoms with Gasteiger partial charge in [0.25, 0.3) is 0 Å². The van der Waals surface area contributed by atoms with Gasteiger partial charge in [0.2, 0.25) is 0 Å². The largest absolute Gasteiger partial charge is 0.312 e. The second-order valence-electron chi connectivity index (χ2n) is 7.00. The van der Waals surface area contributed by atoms with E-state index in [0.717, 1.165) is 5.92 Å². The standard InChI is InChI=1S/C19H30N2/c1-2-11-21-14-18(17-9-4-3-5-10-17)12-19(15-21)20-13-16-7-6-8-16/h3-5,9-10,16,18-20H,2,6-8,11-15H2,1H3. The van der Waals surface area contributed by atoms with Crippen molar-refractivity contribution in [1.29, 1.82) is 0 Å². The van der Waals surface area contributed by atoms with Crippen molar-refractivity contribution in [2.75, 3.05) is 26.2 Å². The monoisotopic (exact) mass is 286 g/mol. The molecular formula is C19H30N2. The highest BCUT2D eigenvalue weighted by molar-refractivity contribution is 5.21. The Bertz CT molecular complexity index is 413. The van der Waals surface area contributed by atoms with Crippen LogP contribution in [0.5, 0.6) is 0 Å². The van der Waals surface area contributed by atoms with E-state index in [4.69, 9.17) is 0 Å². The van der Waals surface area contributed by atoms with Crippen LogP contribution in [-0.4, -0.2) is 37.1 Å². The van der Waals surface area contributed by atoms with Crippen LogP contribution in [-0.2, 0) is 0 Å². The van der Waals surface area contributed by atoms with Crippen LogP contribution in [0.2, 0.25) is 0 Å². The summed E-state index contributed by atoms with van der Waals surface area (Å²) in [6.07, 6.45) is 6.90. The van der Waals surface area contributed by atoms with Crippen molar-refractivity contribution in [2.45, 2.75) is 51.0 Å². The van der Waals surface area contributed by atoms with Gasteiger partial charge in [-0.3, -0.25) is 0 Å². The van der Waals surface area contributed by atoms with Crippen molar-refractivity contribution in [2.24, 2.45) is 5.92 Å². The minimum atomic E-state index is 0.677. The van der Waals surface area contributed by atoms with Crippen molar-refractivity contribution in [3.8, 4) is 0 Å². The molecule has 0 bridgehead atoms. The summed E-state index contributed by atoms with van der Waals surface area (Å²) in [6.45, 7) is 7.25. The summed E-state index contributed by atoms with van der Waals surface area (Å²) in [6, 6.07) is 11.8. The highest BCUT2D eigenvalue weighted by atomic mass is 15.2. The molecule has 0 aromatic heterocycles. The Balaban J connectivity index is 1.60. The van der Waals surface area contributed by atoms with Crippen molar-refractivity contribution in [1.82, 2.24) is 10.2 Å². The Morgan fingerprint density at radius 2 is 1.95 bits per heavy atom. The number of piperidine rings is 1. The molecule has 2 fully saturated rings. The van der Waals surface area contributed by atoms with Crippen LogP contribution in [0.25, 0.3) is 0 Å². The van der Waals surface area contributed by atoms with Gasteiger partial charge in [-0.25, -0.2) is 0 Å². The lowest BCUT2D eigenvalue weighted by atomic mass is 9.84. The number of benzene rings is 1. The SMILES string of the molecule is CCCN1CC(NCC2CCC2)CC(c2ccccc2)C1. The number of nitrogens with one attached hydrogen (secondary N) is 1. The van der Waals surface area contributed by atoms with E-state index in [-0.39, 0.29) is 0 Å². The third-order valence-corrected chi connectivity index (χ3v) is 5.26. The number of rotatable bonds is 6. The van der Waals surface area contributed by atoms with E-state index in [9.17, 15) is 0 Å². The van der Waals surface area contributed by atoms with E-state index < -0.39 is 0 Å². The molecule has 116 valence electrons. The zero-order valence-corrected chi connectivity index (χ0v) is 13.4. The molecule has 0 amide bonds. The second-order valence-corrected chi connectivity index (χ2v) is 7.00. The maximum absolute atomic E-state index is 3.87. The van der Waals surface area contributed by atoms with Crippen molar-refractivity contribution in [3.05, 3.63) is 35.9 Å². The Morgan fingerprint density at radius 3 is 2.62 bits per heavy atom. The smallest absolute Gasteiger partial charge is 0.0201 e. The number of nitrogens with zero attached hydrogens (tertiary/aromatic N) is 1. The summed E-state index contributed by atoms with van der Waals surface area (Å²) in [4.78, 5) is 2.67. The molecule has 0 radical (unpaired) electrons. The Labute approximate surface area is 129 Å². The molecule has 1 aromatic carbocycles. The lowest BCUT2D eigenvalue weighted by Gasteiger charge is -2.39. The topological polar surface area (TPSA) is 15.3 Å². The normalized spacial score (nSPS) is 27.5. The lowest BCUT2D eigenvalue weighted by molar-refractivity contribution is 0.162. The Hall–Kier alpha value is -0.860. The van der Waals surface area contributed by atoms with Crippen LogP contribution in [0.15, 0.2) is 30.3 Å². The maximum atomic E-state index is 3.87. The molecule has 1 saturated carbocycles. The van der Waals surface area contributed by atoms with Crippen molar-refractivity contribution in [3.63, 3.8) is 0 Å². The summed E-state index contributed by atoms with van der Waals surface area (Å²) >= 11 is 0. The van der Waals surface area contributed by atoms with Crippen LogP contribution < -0.4 is 5.32 Å². The van der Waals surface area contributed by atoms with Gasteiger partial charge in [0.05, 0.1) is 0 Å². The van der Waals surface area contributed by atoms with Gasteiger partial charge in [0.15, 0.2) is 0 Å². The van der Waals surface area contributed by atoms with Crippen LogP contribution >= 0.6 is 0 Å². The molecule has 1 aliphatic heterocycles.